The highest BCUT2D eigenvalue weighted by atomic mass is 35.5. The van der Waals surface area contributed by atoms with Gasteiger partial charge in [0.15, 0.2) is 0 Å². The van der Waals surface area contributed by atoms with Crippen molar-refractivity contribution in [3.05, 3.63) is 49.6 Å². The summed E-state index contributed by atoms with van der Waals surface area (Å²) in [4.78, 5) is 22.1. The van der Waals surface area contributed by atoms with E-state index in [4.69, 9.17) is 28.5 Å². The molecule has 2 rings (SSSR count). The third-order valence-corrected chi connectivity index (χ3v) is 3.26. The molecule has 0 atom stereocenters. The van der Waals surface area contributed by atoms with Crippen LogP contribution in [0.5, 0.6) is 0 Å². The van der Waals surface area contributed by atoms with Gasteiger partial charge in [0.25, 0.3) is 11.6 Å². The Morgan fingerprint density at radius 3 is 2.81 bits per heavy atom. The molecule has 0 bridgehead atoms. The predicted octanol–water partition coefficient (Wildman–Crippen LogP) is 2.75. The number of nitrogens with zero attached hydrogens (tertiary/aromatic N) is 3. The van der Waals surface area contributed by atoms with Gasteiger partial charge in [-0.05, 0) is 6.07 Å². The normalized spacial score (nSPS) is 9.95. The zero-order chi connectivity index (χ0) is 15.6. The molecule has 0 radical (unpaired) electrons. The summed E-state index contributed by atoms with van der Waals surface area (Å²) in [6.07, 6.45) is 1.23. The Bertz CT molecular complexity index is 781. The highest BCUT2D eigenvalue weighted by Crippen LogP contribution is 2.33. The monoisotopic (exact) mass is 325 g/mol. The topological polar surface area (TPSA) is 125 Å². The highest BCUT2D eigenvalue weighted by Gasteiger charge is 2.21. The predicted molar refractivity (Wildman–Crippen MR) is 74.4 cm³/mol. The smallest absolute Gasteiger partial charge is 0.290 e. The fourth-order valence-electron chi connectivity index (χ4n) is 1.49. The third kappa shape index (κ3) is 2.94. The van der Waals surface area contributed by atoms with E-state index in [1.807, 2.05) is 6.07 Å². The molecule has 0 saturated heterocycles. The van der Waals surface area contributed by atoms with Gasteiger partial charge in [0, 0.05) is 11.6 Å². The minimum atomic E-state index is -0.748. The van der Waals surface area contributed by atoms with Gasteiger partial charge in [0.05, 0.1) is 16.1 Å². The molecule has 0 fully saturated rings. The summed E-state index contributed by atoms with van der Waals surface area (Å²) >= 11 is 11.4. The molecule has 1 heterocycles. The van der Waals surface area contributed by atoms with Crippen molar-refractivity contribution < 1.29 is 9.72 Å². The van der Waals surface area contributed by atoms with E-state index >= 15 is 0 Å². The van der Waals surface area contributed by atoms with Crippen molar-refractivity contribution in [2.24, 2.45) is 0 Å². The van der Waals surface area contributed by atoms with Crippen LogP contribution in [-0.2, 0) is 0 Å². The maximum atomic E-state index is 12.0. The van der Waals surface area contributed by atoms with Crippen molar-refractivity contribution in [3.63, 3.8) is 0 Å². The van der Waals surface area contributed by atoms with Crippen LogP contribution >= 0.6 is 23.2 Å². The molecule has 8 nitrogen and oxygen atoms in total. The van der Waals surface area contributed by atoms with Gasteiger partial charge in [-0.25, -0.2) is 0 Å². The number of nitriles is 1. The Morgan fingerprint density at radius 1 is 1.48 bits per heavy atom. The van der Waals surface area contributed by atoms with Crippen molar-refractivity contribution in [1.29, 1.82) is 5.26 Å². The molecule has 106 valence electrons. The molecular weight excluding hydrogens is 321 g/mol. The molecule has 0 saturated carbocycles. The Kier molecular flexibility index (Phi) is 4.07. The van der Waals surface area contributed by atoms with Gasteiger partial charge < -0.3 is 5.32 Å². The zero-order valence-electron chi connectivity index (χ0n) is 10.1. The largest absolute Gasteiger partial charge is 0.306 e. The van der Waals surface area contributed by atoms with Gasteiger partial charge in [-0.2, -0.15) is 10.4 Å². The molecule has 10 heteroatoms. The number of rotatable bonds is 3. The molecule has 1 amide bonds. The van der Waals surface area contributed by atoms with Crippen molar-refractivity contribution in [2.75, 3.05) is 5.32 Å². The summed E-state index contributed by atoms with van der Waals surface area (Å²) in [5, 5.41) is 27.7. The van der Waals surface area contributed by atoms with E-state index in [1.54, 1.807) is 0 Å². The van der Waals surface area contributed by atoms with E-state index in [0.29, 0.717) is 0 Å². The van der Waals surface area contributed by atoms with Crippen molar-refractivity contribution in [2.45, 2.75) is 0 Å². The van der Waals surface area contributed by atoms with Crippen LogP contribution in [0.15, 0.2) is 18.3 Å². The number of nitro groups is 1. The first-order chi connectivity index (χ1) is 9.93. The highest BCUT2D eigenvalue weighted by molar-refractivity contribution is 6.43. The fraction of sp³-hybridized carbons (Fsp3) is 0. The number of amides is 1. The number of benzene rings is 1. The molecule has 0 aliphatic rings. The number of carbonyl (C=O) groups excluding carboxylic acids is 1. The van der Waals surface area contributed by atoms with Crippen LogP contribution in [0.2, 0.25) is 10.0 Å². The van der Waals surface area contributed by atoms with Gasteiger partial charge in [-0.3, -0.25) is 20.0 Å². The maximum absolute atomic E-state index is 12.0. The summed E-state index contributed by atoms with van der Waals surface area (Å²) in [5.41, 5.74) is -0.438. The Hall–Kier alpha value is -2.63. The molecule has 1 aromatic heterocycles. The lowest BCUT2D eigenvalue weighted by molar-refractivity contribution is -0.384. The van der Waals surface area contributed by atoms with Crippen LogP contribution in [0.25, 0.3) is 0 Å². The maximum Gasteiger partial charge on any atom is 0.290 e. The number of nitrogens with one attached hydrogen (secondary N) is 2. The number of anilines is 1. The molecule has 2 aromatic rings. The number of nitro benzene ring substituents is 1. The van der Waals surface area contributed by atoms with Crippen LogP contribution in [0.3, 0.4) is 0 Å². The summed E-state index contributed by atoms with van der Waals surface area (Å²) < 4.78 is 0. The average molecular weight is 326 g/mol. The fourth-order valence-corrected chi connectivity index (χ4v) is 1.88. The molecule has 21 heavy (non-hydrogen) atoms. The van der Waals surface area contributed by atoms with Crippen LogP contribution in [0.1, 0.15) is 15.9 Å². The number of H-pyrrole nitrogens is 1. The summed E-state index contributed by atoms with van der Waals surface area (Å²) in [6, 6.07) is 4.00. The molecule has 0 aliphatic heterocycles. The number of aromatic nitrogens is 2. The molecular formula is C11H5Cl2N5O3. The van der Waals surface area contributed by atoms with Gasteiger partial charge >= 0.3 is 0 Å². The quantitative estimate of drug-likeness (QED) is 0.662. The molecule has 0 aliphatic carbocycles. The number of hydrogen-bond acceptors (Lipinski definition) is 5. The molecule has 1 aromatic carbocycles. The number of halogens is 2. The van der Waals surface area contributed by atoms with E-state index in [0.717, 1.165) is 6.07 Å². The number of aromatic amines is 1. The minimum absolute atomic E-state index is 0.0745. The van der Waals surface area contributed by atoms with Crippen LogP contribution in [-0.4, -0.2) is 21.0 Å². The van der Waals surface area contributed by atoms with Crippen LogP contribution in [0.4, 0.5) is 11.5 Å². The first-order valence-electron chi connectivity index (χ1n) is 5.32. The summed E-state index contributed by atoms with van der Waals surface area (Å²) in [5.74, 6) is -0.617. The number of hydrogen-bond donors (Lipinski definition) is 2. The van der Waals surface area contributed by atoms with E-state index < -0.39 is 16.5 Å². The second-order valence-electron chi connectivity index (χ2n) is 3.77. The Morgan fingerprint density at radius 2 is 2.19 bits per heavy atom. The SMILES string of the molecule is N#Cc1cn[nH]c1NC(=O)c1cc(Cl)c(Cl)c([N+](=O)[O-])c1. The molecule has 0 spiro atoms. The zero-order valence-corrected chi connectivity index (χ0v) is 11.6. The summed E-state index contributed by atoms with van der Waals surface area (Å²) in [7, 11) is 0. The van der Waals surface area contributed by atoms with Gasteiger partial charge in [0.2, 0.25) is 0 Å². The van der Waals surface area contributed by atoms with Gasteiger partial charge in [-0.1, -0.05) is 23.2 Å². The molecule has 0 unspecified atom stereocenters. The van der Waals surface area contributed by atoms with E-state index in [1.165, 1.54) is 12.3 Å². The van der Waals surface area contributed by atoms with Crippen LogP contribution < -0.4 is 5.32 Å². The lowest BCUT2D eigenvalue weighted by Crippen LogP contribution is -2.13. The third-order valence-electron chi connectivity index (χ3n) is 2.47. The lowest BCUT2D eigenvalue weighted by atomic mass is 10.2. The second kappa shape index (κ2) is 5.78. The van der Waals surface area contributed by atoms with Crippen molar-refractivity contribution in [1.82, 2.24) is 10.2 Å². The minimum Gasteiger partial charge on any atom is -0.306 e. The first kappa shape index (κ1) is 14.8. The van der Waals surface area contributed by atoms with E-state index in [9.17, 15) is 14.9 Å². The van der Waals surface area contributed by atoms with Crippen molar-refractivity contribution in [3.8, 4) is 6.07 Å². The van der Waals surface area contributed by atoms with E-state index in [-0.39, 0.29) is 27.0 Å². The van der Waals surface area contributed by atoms with Crippen LogP contribution in [0, 0.1) is 21.4 Å². The number of carbonyl (C=O) groups is 1. The Labute approximate surface area is 127 Å². The average Bonchev–Trinajstić information content (AvgIpc) is 2.88. The first-order valence-corrected chi connectivity index (χ1v) is 6.08. The van der Waals surface area contributed by atoms with Crippen molar-refractivity contribution >= 4 is 40.6 Å². The van der Waals surface area contributed by atoms with Gasteiger partial charge in [0.1, 0.15) is 22.5 Å². The van der Waals surface area contributed by atoms with E-state index in [2.05, 4.69) is 15.5 Å². The lowest BCUT2D eigenvalue weighted by Gasteiger charge is -2.05. The Balaban J connectivity index is 2.36. The standard InChI is InChI=1S/C11H5Cl2N5O3/c12-7-1-5(2-8(9(7)13)18(20)21)11(19)16-10-6(3-14)4-15-17-10/h1-2,4H,(H2,15,16,17,19). The second-order valence-corrected chi connectivity index (χ2v) is 4.56. The van der Waals surface area contributed by atoms with Gasteiger partial charge in [-0.15, -0.1) is 0 Å². The molecule has 2 N–H and O–H groups in total. The summed E-state index contributed by atoms with van der Waals surface area (Å²) in [6.45, 7) is 0.